The molecule has 0 N–H and O–H groups in total. The fourth-order valence-corrected chi connectivity index (χ4v) is 9.79. The number of hydrogen-bond donors (Lipinski definition) is 0. The Labute approximate surface area is 332 Å². The van der Waals surface area contributed by atoms with E-state index < -0.39 is 0 Å². The Bertz CT molecular complexity index is 3530. The van der Waals surface area contributed by atoms with Crippen LogP contribution in [0.25, 0.3) is 96.9 Å². The summed E-state index contributed by atoms with van der Waals surface area (Å²) in [5.41, 5.74) is 9.57. The summed E-state index contributed by atoms with van der Waals surface area (Å²) in [6.07, 6.45) is 0. The normalized spacial score (nSPS) is 11.9. The van der Waals surface area contributed by atoms with E-state index in [0.29, 0.717) is 0 Å². The molecule has 10 aromatic carbocycles. The summed E-state index contributed by atoms with van der Waals surface area (Å²) in [5, 5.41) is 13.2. The lowest BCUT2D eigenvalue weighted by atomic mass is 9.96. The van der Waals surface area contributed by atoms with Gasteiger partial charge in [-0.05, 0) is 109 Å². The third-order valence-corrected chi connectivity index (χ3v) is 12.6. The van der Waals surface area contributed by atoms with Crippen LogP contribution in [-0.4, -0.2) is 4.98 Å². The Morgan fingerprint density at radius 2 is 1.02 bits per heavy atom. The molecule has 0 bridgehead atoms. The van der Waals surface area contributed by atoms with E-state index in [1.165, 1.54) is 58.9 Å². The molecule has 0 aliphatic heterocycles. The highest BCUT2D eigenvalue weighted by Gasteiger charge is 2.18. The van der Waals surface area contributed by atoms with Crippen LogP contribution in [0, 0.1) is 0 Å². The molecule has 266 valence electrons. The van der Waals surface area contributed by atoms with Crippen molar-refractivity contribution in [2.75, 3.05) is 4.90 Å². The Morgan fingerprint density at radius 3 is 1.91 bits per heavy atom. The number of para-hydroxylation sites is 1. The summed E-state index contributed by atoms with van der Waals surface area (Å²) in [6.45, 7) is 0. The van der Waals surface area contributed by atoms with Crippen LogP contribution in [0.3, 0.4) is 0 Å². The van der Waals surface area contributed by atoms with Crippen molar-refractivity contribution >= 4 is 104 Å². The number of fused-ring (bicyclic) bond motifs is 11. The zero-order chi connectivity index (χ0) is 37.5. The Balaban J connectivity index is 0.992. The number of aromatic nitrogens is 1. The Kier molecular flexibility index (Phi) is 7.10. The van der Waals surface area contributed by atoms with Crippen molar-refractivity contribution in [2.24, 2.45) is 0 Å². The first-order valence-electron chi connectivity index (χ1n) is 19.3. The molecule has 0 aliphatic carbocycles. The zero-order valence-electron chi connectivity index (χ0n) is 30.7. The Hall–Kier alpha value is -7.27. The number of rotatable bonds is 5. The van der Waals surface area contributed by atoms with Crippen molar-refractivity contribution in [1.82, 2.24) is 4.98 Å². The number of hydrogen-bond acceptors (Lipinski definition) is 4. The summed E-state index contributed by atoms with van der Waals surface area (Å²) in [7, 11) is 0. The summed E-state index contributed by atoms with van der Waals surface area (Å²) in [6, 6.07) is 69.9. The van der Waals surface area contributed by atoms with Crippen LogP contribution in [0.5, 0.6) is 0 Å². The van der Waals surface area contributed by atoms with Gasteiger partial charge in [0.2, 0.25) is 0 Å². The molecule has 0 fully saturated rings. The summed E-state index contributed by atoms with van der Waals surface area (Å²) in [4.78, 5) is 7.42. The third-order valence-electron chi connectivity index (χ3n) is 11.4. The van der Waals surface area contributed by atoms with Crippen LogP contribution in [0.2, 0.25) is 0 Å². The lowest BCUT2D eigenvalue weighted by Crippen LogP contribution is -2.09. The first-order chi connectivity index (χ1) is 28.2. The first-order valence-corrected chi connectivity index (χ1v) is 20.1. The maximum Gasteiger partial charge on any atom is 0.135 e. The number of thiazole rings is 1. The molecule has 0 spiro atoms. The molecule has 57 heavy (non-hydrogen) atoms. The van der Waals surface area contributed by atoms with E-state index in [4.69, 9.17) is 9.40 Å². The number of benzene rings is 10. The molecule has 3 nitrogen and oxygen atoms in total. The highest BCUT2D eigenvalue weighted by atomic mass is 32.1. The highest BCUT2D eigenvalue weighted by molar-refractivity contribution is 7.22. The summed E-state index contributed by atoms with van der Waals surface area (Å²) < 4.78 is 7.47. The van der Waals surface area contributed by atoms with Crippen LogP contribution in [0.15, 0.2) is 199 Å². The summed E-state index contributed by atoms with van der Waals surface area (Å²) >= 11 is 1.78. The highest BCUT2D eigenvalue weighted by Crippen LogP contribution is 2.43. The molecule has 0 saturated heterocycles. The largest absolute Gasteiger partial charge is 0.456 e. The molecule has 0 radical (unpaired) electrons. The van der Waals surface area contributed by atoms with Crippen molar-refractivity contribution in [2.45, 2.75) is 0 Å². The predicted octanol–water partition coefficient (Wildman–Crippen LogP) is 15.6. The van der Waals surface area contributed by atoms with Crippen molar-refractivity contribution in [3.63, 3.8) is 0 Å². The van der Waals surface area contributed by atoms with Gasteiger partial charge in [-0.3, -0.25) is 0 Å². The quantitative estimate of drug-likeness (QED) is 0.164. The molecule has 12 rings (SSSR count). The van der Waals surface area contributed by atoms with Crippen molar-refractivity contribution < 1.29 is 4.42 Å². The third kappa shape index (κ3) is 5.22. The molecular formula is C53H32N2OS. The predicted molar refractivity (Wildman–Crippen MR) is 242 cm³/mol. The molecule has 0 saturated carbocycles. The van der Waals surface area contributed by atoms with E-state index in [9.17, 15) is 0 Å². The Morgan fingerprint density at radius 1 is 0.386 bits per heavy atom. The fourth-order valence-electron chi connectivity index (χ4n) is 8.65. The van der Waals surface area contributed by atoms with Crippen LogP contribution in [0.1, 0.15) is 0 Å². The van der Waals surface area contributed by atoms with Gasteiger partial charge in [-0.2, -0.15) is 0 Å². The van der Waals surface area contributed by atoms with Gasteiger partial charge in [-0.25, -0.2) is 4.98 Å². The van der Waals surface area contributed by atoms with Crippen LogP contribution < -0.4 is 4.90 Å². The van der Waals surface area contributed by atoms with Crippen molar-refractivity contribution in [3.05, 3.63) is 194 Å². The topological polar surface area (TPSA) is 29.3 Å². The second-order valence-corrected chi connectivity index (χ2v) is 15.8. The second kappa shape index (κ2) is 12.6. The molecule has 0 amide bonds. The molecule has 0 atom stereocenters. The smallest absolute Gasteiger partial charge is 0.135 e. The number of furan rings is 1. The molecule has 2 aromatic heterocycles. The second-order valence-electron chi connectivity index (χ2n) is 14.8. The average Bonchev–Trinajstić information content (AvgIpc) is 3.89. The van der Waals surface area contributed by atoms with Crippen LogP contribution >= 0.6 is 11.3 Å². The van der Waals surface area contributed by atoms with Crippen molar-refractivity contribution in [1.29, 1.82) is 0 Å². The maximum absolute atomic E-state index is 6.24. The lowest BCUT2D eigenvalue weighted by Gasteiger charge is -2.26. The van der Waals surface area contributed by atoms with Gasteiger partial charge in [-0.1, -0.05) is 133 Å². The van der Waals surface area contributed by atoms with Gasteiger partial charge in [0.05, 0.1) is 10.2 Å². The molecule has 4 heteroatoms. The van der Waals surface area contributed by atoms with E-state index in [2.05, 4.69) is 187 Å². The minimum atomic E-state index is 0.885. The van der Waals surface area contributed by atoms with E-state index in [1.54, 1.807) is 11.3 Å². The van der Waals surface area contributed by atoms with Gasteiger partial charge in [0, 0.05) is 38.8 Å². The summed E-state index contributed by atoms with van der Waals surface area (Å²) in [5.74, 6) is 0. The minimum Gasteiger partial charge on any atom is -0.456 e. The van der Waals surface area contributed by atoms with Gasteiger partial charge in [0.1, 0.15) is 16.2 Å². The molecule has 0 aliphatic rings. The van der Waals surface area contributed by atoms with Gasteiger partial charge in [0.15, 0.2) is 0 Å². The standard InChI is InChI=1S/C53H32N2OS/c1-2-9-37(10-3-1)53-54-48-28-22-36-17-14-35-15-18-38(31-46(35)51(36)52(48)57-53)33-20-23-40(24-21-33)55(42-26-29-50-47(32-42)45-12-6-7-13-49(45)56-50)41-25-27-44-39(30-41)19-16-34-8-4-5-11-43(34)44/h1-32H. The maximum atomic E-state index is 6.24. The molecule has 2 heterocycles. The first kappa shape index (κ1) is 32.0. The average molecular weight is 745 g/mol. The molecule has 12 aromatic rings. The van der Waals surface area contributed by atoms with E-state index in [-0.39, 0.29) is 0 Å². The monoisotopic (exact) mass is 744 g/mol. The van der Waals surface area contributed by atoms with Crippen LogP contribution in [0.4, 0.5) is 17.1 Å². The van der Waals surface area contributed by atoms with Gasteiger partial charge >= 0.3 is 0 Å². The van der Waals surface area contributed by atoms with E-state index in [1.807, 2.05) is 12.1 Å². The van der Waals surface area contributed by atoms with E-state index in [0.717, 1.165) is 55.1 Å². The molecule has 0 unspecified atom stereocenters. The number of nitrogens with zero attached hydrogens (tertiary/aromatic N) is 2. The van der Waals surface area contributed by atoms with Gasteiger partial charge < -0.3 is 9.32 Å². The SMILES string of the molecule is c1ccc(-c2nc3ccc4ccc5ccc(-c6ccc(N(c7ccc8c(ccc9ccccc98)c7)c7ccc8oc9ccccc9c8c7)cc6)cc5c4c3s2)cc1. The fraction of sp³-hybridized carbons (Fsp3) is 0. The lowest BCUT2D eigenvalue weighted by molar-refractivity contribution is 0.669. The van der Waals surface area contributed by atoms with E-state index >= 15 is 0 Å². The van der Waals surface area contributed by atoms with Crippen LogP contribution in [-0.2, 0) is 0 Å². The van der Waals surface area contributed by atoms with Gasteiger partial charge in [0.25, 0.3) is 0 Å². The zero-order valence-corrected chi connectivity index (χ0v) is 31.5. The number of anilines is 3. The van der Waals surface area contributed by atoms with Crippen molar-refractivity contribution in [3.8, 4) is 21.7 Å². The van der Waals surface area contributed by atoms with Gasteiger partial charge in [-0.15, -0.1) is 11.3 Å². The minimum absolute atomic E-state index is 0.885. The molecular weight excluding hydrogens is 713 g/mol.